The molecule has 6 aliphatic rings. The number of rotatable bonds is 4. The average molecular weight is 1400 g/mol. The summed E-state index contributed by atoms with van der Waals surface area (Å²) < 4.78 is 6.56. The second-order valence-corrected chi connectivity index (χ2v) is 27.3. The third-order valence-electron chi connectivity index (χ3n) is 19.0. The van der Waals surface area contributed by atoms with Crippen molar-refractivity contribution >= 4 is 120 Å². The number of aryl methyl sites for hydroxylation is 3. The van der Waals surface area contributed by atoms with Gasteiger partial charge in [-0.1, -0.05) is 111 Å². The lowest BCUT2D eigenvalue weighted by atomic mass is 9.77. The van der Waals surface area contributed by atoms with Gasteiger partial charge in [0.25, 0.3) is 17.7 Å². The Labute approximate surface area is 593 Å². The first-order valence-corrected chi connectivity index (χ1v) is 33.4. The summed E-state index contributed by atoms with van der Waals surface area (Å²) in [6.45, 7) is 11.4. The first kappa shape index (κ1) is 74.2. The Morgan fingerprint density at radius 2 is 0.860 bits per heavy atom. The van der Waals surface area contributed by atoms with Gasteiger partial charge in [0.2, 0.25) is 0 Å². The van der Waals surface area contributed by atoms with Gasteiger partial charge >= 0.3 is 6.09 Å². The quantitative estimate of drug-likeness (QED) is 0.0584. The molecule has 11 aromatic rings. The van der Waals surface area contributed by atoms with Crippen molar-refractivity contribution in [3.05, 3.63) is 171 Å². The topological polar surface area (TPSA) is 319 Å². The molecule has 25 heteroatoms. The van der Waals surface area contributed by atoms with E-state index in [1.54, 1.807) is 51.9 Å². The molecule has 0 saturated heterocycles. The van der Waals surface area contributed by atoms with Crippen LogP contribution in [0.4, 0.5) is 33.5 Å². The number of halogens is 2. The van der Waals surface area contributed by atoms with Gasteiger partial charge in [-0.05, 0) is 174 Å². The number of carbonyl (C=O) groups is 4. The number of aromatic nitrogens is 12. The fraction of sp³-hybridized carbons (Fsp3) is 0.387. The summed E-state index contributed by atoms with van der Waals surface area (Å²) in [5, 5.41) is 20.9. The highest BCUT2D eigenvalue weighted by Gasteiger charge is 2.47. The molecule has 3 amide bonds. The zero-order valence-electron chi connectivity index (χ0n) is 54.4. The van der Waals surface area contributed by atoms with E-state index in [0.29, 0.717) is 21.3 Å². The van der Waals surface area contributed by atoms with Gasteiger partial charge in [0.15, 0.2) is 5.65 Å². The molecule has 3 aliphatic carbocycles. The van der Waals surface area contributed by atoms with Crippen molar-refractivity contribution in [2.24, 2.45) is 0 Å². The van der Waals surface area contributed by atoms with Gasteiger partial charge < -0.3 is 52.0 Å². The molecule has 3 aromatic carbocycles. The number of hydrogen-bond donors (Lipinski definition) is 9. The Hall–Kier alpha value is -10.0. The molecule has 100 heavy (non-hydrogen) atoms. The van der Waals surface area contributed by atoms with Gasteiger partial charge in [-0.15, -0.1) is 0 Å². The maximum absolute atomic E-state index is 12.6. The van der Waals surface area contributed by atoms with Crippen molar-refractivity contribution in [3.8, 4) is 0 Å². The van der Waals surface area contributed by atoms with E-state index in [1.807, 2.05) is 75.6 Å². The van der Waals surface area contributed by atoms with E-state index in [-0.39, 0.29) is 64.0 Å². The van der Waals surface area contributed by atoms with Crippen molar-refractivity contribution in [2.45, 2.75) is 190 Å². The van der Waals surface area contributed by atoms with Crippen LogP contribution in [0.25, 0.3) is 44.1 Å². The maximum atomic E-state index is 12.6. The standard InChI is InChI=1S/2C20H21N5O.C14H18N2O.C11H12ClN3O2.C6H4ClN3.4CH4/c2*1-12-9-13(24-18-14-5-8-21-17(14)22-11-23-18)10-15-16(12)19(26)25-20(15)6-3-2-4-7-20;1-9-7-10(15)8-11-12(9)13(17)16-14(11)5-3-2-4-6-14;1-11(2,3)17-10(16)15-5-4-7-8(12)13-6-14-9(7)15;7-5-4-1-2-8-6(4)10-3-9-5;;;;/h2*5,8-11H,2-4,6-7H2,1H3,(H,25,26)(H2,21,22,23,24);7-8H,2-6,15H2,1H3,(H,16,17);4-6H,1-3H3;1-3H,(H,8,9,10);4*1H4. The molecule has 0 atom stereocenters. The van der Waals surface area contributed by atoms with E-state index < -0.39 is 11.7 Å². The van der Waals surface area contributed by atoms with Crippen molar-refractivity contribution in [1.29, 1.82) is 0 Å². The fourth-order valence-electron chi connectivity index (χ4n) is 14.7. The molecule has 0 unspecified atom stereocenters. The van der Waals surface area contributed by atoms with Crippen molar-refractivity contribution < 1.29 is 23.9 Å². The summed E-state index contributed by atoms with van der Waals surface area (Å²) in [5.74, 6) is 1.76. The molecule has 3 spiro atoms. The van der Waals surface area contributed by atoms with Gasteiger partial charge in [0.1, 0.15) is 69.8 Å². The molecule has 3 saturated carbocycles. The minimum absolute atomic E-state index is 0. The highest BCUT2D eigenvalue weighted by molar-refractivity contribution is 6.34. The van der Waals surface area contributed by atoms with Crippen molar-refractivity contribution in [2.75, 3.05) is 16.4 Å². The zero-order valence-corrected chi connectivity index (χ0v) is 55.9. The van der Waals surface area contributed by atoms with Crippen molar-refractivity contribution in [1.82, 2.24) is 75.3 Å². The lowest BCUT2D eigenvalue weighted by Crippen LogP contribution is -2.40. The maximum Gasteiger partial charge on any atom is 0.420 e. The fourth-order valence-corrected chi connectivity index (χ4v) is 15.1. The van der Waals surface area contributed by atoms with Crippen LogP contribution in [0.2, 0.25) is 10.3 Å². The molecule has 17 rings (SSSR count). The molecule has 3 aliphatic heterocycles. The van der Waals surface area contributed by atoms with Crippen LogP contribution in [0.5, 0.6) is 0 Å². The molecule has 8 aromatic heterocycles. The summed E-state index contributed by atoms with van der Waals surface area (Å²) in [5.41, 5.74) is 19.4. The molecule has 0 bridgehead atoms. The molecule has 526 valence electrons. The van der Waals surface area contributed by atoms with E-state index in [4.69, 9.17) is 33.7 Å². The van der Waals surface area contributed by atoms with Crippen LogP contribution in [-0.4, -0.2) is 88.8 Å². The number of carbonyl (C=O) groups excluding carboxylic acids is 4. The molecule has 0 radical (unpaired) electrons. The lowest BCUT2D eigenvalue weighted by Gasteiger charge is -2.34. The number of amides is 3. The Kier molecular flexibility index (Phi) is 22.4. The monoisotopic (exact) mass is 1390 g/mol. The van der Waals surface area contributed by atoms with Gasteiger partial charge in [-0.2, -0.15) is 0 Å². The number of benzene rings is 3. The number of hydrogen-bond acceptors (Lipinski definition) is 16. The minimum atomic E-state index is -0.551. The molecular weight excluding hydrogens is 1300 g/mol. The molecule has 23 nitrogen and oxygen atoms in total. The van der Waals surface area contributed by atoms with E-state index >= 15 is 0 Å². The number of aromatic amines is 3. The predicted octanol–water partition coefficient (Wildman–Crippen LogP) is 17.3. The van der Waals surface area contributed by atoms with E-state index in [2.05, 4.69) is 93.5 Å². The van der Waals surface area contributed by atoms with Gasteiger partial charge in [-0.3, -0.25) is 14.4 Å². The van der Waals surface area contributed by atoms with Crippen LogP contribution in [0.15, 0.2) is 111 Å². The normalized spacial score (nSPS) is 16.1. The first-order chi connectivity index (χ1) is 46.2. The SMILES string of the molecule is C.C.C.C.CC(C)(C)OC(=O)n1ccc2c(Cl)ncnc21.Cc1cc(N)cc2c1C(=O)NC21CCCCC1.Cc1cc(Nc2ncnc3[nH]ccc23)cc2c1C(=O)NC21CCCCC1.Cc1cc(Nc2ncnc3[nH]ccc23)cc2c1C(=O)NC21CCCCC1.Clc1ncnc2[nH]ccc12. The Morgan fingerprint density at radius 1 is 0.490 bits per heavy atom. The smallest absolute Gasteiger partial charge is 0.420 e. The van der Waals surface area contributed by atoms with Crippen LogP contribution < -0.4 is 32.3 Å². The van der Waals surface area contributed by atoms with E-state index in [9.17, 15) is 19.2 Å². The number of anilines is 5. The highest BCUT2D eigenvalue weighted by atomic mass is 35.5. The molecule has 11 heterocycles. The van der Waals surface area contributed by atoms with E-state index in [1.165, 1.54) is 49.3 Å². The van der Waals surface area contributed by atoms with Crippen LogP contribution in [0.1, 0.15) is 211 Å². The van der Waals surface area contributed by atoms with Gasteiger partial charge in [0, 0.05) is 58.5 Å². The number of fused-ring (bicyclic) bond motifs is 10. The van der Waals surface area contributed by atoms with E-state index in [0.717, 1.165) is 176 Å². The zero-order chi connectivity index (χ0) is 67.1. The number of ether oxygens (including phenoxy) is 1. The number of nitrogen functional groups attached to an aromatic ring is 1. The third kappa shape index (κ3) is 14.7. The highest BCUT2D eigenvalue weighted by Crippen LogP contribution is 2.48. The Balaban J connectivity index is 0.000000149. The number of H-pyrrole nitrogens is 3. The van der Waals surface area contributed by atoms with Gasteiger partial charge in [-0.25, -0.2) is 49.2 Å². The second kappa shape index (κ2) is 30.2. The Morgan fingerprint density at radius 3 is 1.28 bits per heavy atom. The van der Waals surface area contributed by atoms with Crippen LogP contribution >= 0.6 is 23.2 Å². The minimum Gasteiger partial charge on any atom is -0.443 e. The summed E-state index contributed by atoms with van der Waals surface area (Å²) in [6, 6.07) is 19.7. The average Bonchev–Trinajstić information content (AvgIpc) is 1.60. The summed E-state index contributed by atoms with van der Waals surface area (Å²) in [4.78, 5) is 91.2. The second-order valence-electron chi connectivity index (χ2n) is 26.6. The van der Waals surface area contributed by atoms with Gasteiger partial charge in [0.05, 0.1) is 38.2 Å². The van der Waals surface area contributed by atoms with Crippen LogP contribution in [0, 0.1) is 20.8 Å². The molecular formula is C75H92Cl2N18O5. The third-order valence-corrected chi connectivity index (χ3v) is 19.6. The largest absolute Gasteiger partial charge is 0.443 e. The molecule has 10 N–H and O–H groups in total. The van der Waals surface area contributed by atoms with Crippen molar-refractivity contribution in [3.63, 3.8) is 0 Å². The van der Waals surface area contributed by atoms with Crippen LogP contribution in [0.3, 0.4) is 0 Å². The summed E-state index contributed by atoms with van der Waals surface area (Å²) >= 11 is 11.6. The molecule has 3 fully saturated rings. The lowest BCUT2D eigenvalue weighted by molar-refractivity contribution is 0.0542. The Bertz CT molecular complexity index is 4630. The van der Waals surface area contributed by atoms with Crippen LogP contribution in [-0.2, 0) is 21.4 Å². The summed E-state index contributed by atoms with van der Waals surface area (Å²) in [6.07, 6.45) is 29.4. The predicted molar refractivity (Wildman–Crippen MR) is 399 cm³/mol. The first-order valence-electron chi connectivity index (χ1n) is 32.6. The number of nitrogens with one attached hydrogen (secondary N) is 8. The number of nitrogens with zero attached hydrogens (tertiary/aromatic N) is 9. The number of nitrogens with two attached hydrogens (primary N) is 1. The summed E-state index contributed by atoms with van der Waals surface area (Å²) in [7, 11) is 0.